The molecule has 0 aromatic heterocycles. The molecule has 1 aliphatic rings. The molecule has 3 atom stereocenters. The van der Waals surface area contributed by atoms with Crippen LogP contribution >= 0.6 is 0 Å². The van der Waals surface area contributed by atoms with Crippen LogP contribution in [-0.2, 0) is 19.0 Å². The smallest absolute Gasteiger partial charge is 0.305 e. The van der Waals surface area contributed by atoms with Crippen molar-refractivity contribution in [2.24, 2.45) is 11.8 Å². The van der Waals surface area contributed by atoms with Gasteiger partial charge in [0.25, 0.3) is 0 Å². The highest BCUT2D eigenvalue weighted by Crippen LogP contribution is 2.45. The summed E-state index contributed by atoms with van der Waals surface area (Å²) in [4.78, 5) is 13.3. The van der Waals surface area contributed by atoms with Crippen molar-refractivity contribution in [3.63, 3.8) is 0 Å². The van der Waals surface area contributed by atoms with Gasteiger partial charge < -0.3 is 19.1 Å². The number of unbranched alkanes of at least 4 members (excludes halogenated alkanes) is 11. The first-order valence-corrected chi connectivity index (χ1v) is 15.0. The Morgan fingerprint density at radius 2 is 1.23 bits per heavy atom. The van der Waals surface area contributed by atoms with Crippen molar-refractivity contribution in [3.8, 4) is 0 Å². The fourth-order valence-corrected chi connectivity index (χ4v) is 4.88. The first kappa shape index (κ1) is 32.4. The highest BCUT2D eigenvalue weighted by atomic mass is 16.5. The van der Waals surface area contributed by atoms with Gasteiger partial charge in [-0.2, -0.15) is 0 Å². The van der Waals surface area contributed by atoms with Crippen LogP contribution in [0.15, 0.2) is 0 Å². The molecule has 0 aromatic rings. The van der Waals surface area contributed by atoms with E-state index in [-0.39, 0.29) is 12.0 Å². The average molecular weight is 498 g/mol. The van der Waals surface area contributed by atoms with Crippen molar-refractivity contribution in [2.45, 2.75) is 129 Å². The quantitative estimate of drug-likeness (QED) is 0.0919. The van der Waals surface area contributed by atoms with Crippen molar-refractivity contribution in [3.05, 3.63) is 0 Å². The lowest BCUT2D eigenvalue weighted by atomic mass is 10.0. The number of hydrogen-bond donors (Lipinski definition) is 0. The summed E-state index contributed by atoms with van der Waals surface area (Å²) in [6, 6.07) is 0.280. The van der Waals surface area contributed by atoms with E-state index in [1.165, 1.54) is 97.0 Å². The van der Waals surface area contributed by atoms with Gasteiger partial charge in [0, 0.05) is 19.6 Å². The van der Waals surface area contributed by atoms with Gasteiger partial charge in [-0.1, -0.05) is 90.4 Å². The number of ether oxygens (including phenoxy) is 3. The highest BCUT2D eigenvalue weighted by Gasteiger charge is 2.34. The topological polar surface area (TPSA) is 48.0 Å². The second kappa shape index (κ2) is 22.5. The number of methoxy groups -OCH3 is 1. The number of rotatable bonds is 26. The summed E-state index contributed by atoms with van der Waals surface area (Å²) in [7, 11) is 5.59. The Bertz CT molecular complexity index is 485. The van der Waals surface area contributed by atoms with E-state index in [0.717, 1.165) is 44.3 Å². The molecule has 1 saturated carbocycles. The van der Waals surface area contributed by atoms with Gasteiger partial charge in [-0.15, -0.1) is 0 Å². The van der Waals surface area contributed by atoms with Crippen LogP contribution < -0.4 is 0 Å². The lowest BCUT2D eigenvalue weighted by Crippen LogP contribution is -2.37. The maximum absolute atomic E-state index is 11.1. The summed E-state index contributed by atoms with van der Waals surface area (Å²) in [5, 5.41) is 0. The van der Waals surface area contributed by atoms with Crippen LogP contribution in [0.3, 0.4) is 0 Å². The van der Waals surface area contributed by atoms with Crippen LogP contribution in [0.25, 0.3) is 0 Å². The molecule has 1 fully saturated rings. The first-order chi connectivity index (χ1) is 17.1. The largest absolute Gasteiger partial charge is 0.469 e. The Kier molecular flexibility index (Phi) is 20.9. The molecular formula is C30H59NO4. The van der Waals surface area contributed by atoms with Crippen molar-refractivity contribution in [1.82, 2.24) is 4.90 Å². The van der Waals surface area contributed by atoms with Crippen LogP contribution in [-0.4, -0.2) is 64.5 Å². The summed E-state index contributed by atoms with van der Waals surface area (Å²) in [6.45, 7) is 5.22. The van der Waals surface area contributed by atoms with Gasteiger partial charge in [-0.25, -0.2) is 0 Å². The molecule has 1 rings (SSSR count). The fourth-order valence-electron chi connectivity index (χ4n) is 4.88. The van der Waals surface area contributed by atoms with Gasteiger partial charge >= 0.3 is 5.97 Å². The Labute approximate surface area is 218 Å². The normalized spacial score (nSPS) is 18.2. The van der Waals surface area contributed by atoms with Gasteiger partial charge in [0.1, 0.15) is 0 Å². The van der Waals surface area contributed by atoms with Gasteiger partial charge in [0.15, 0.2) is 0 Å². The van der Waals surface area contributed by atoms with Gasteiger partial charge in [-0.05, 0) is 51.6 Å². The van der Waals surface area contributed by atoms with Crippen LogP contribution in [0.2, 0.25) is 0 Å². The van der Waals surface area contributed by atoms with Crippen molar-refractivity contribution >= 4 is 5.97 Å². The molecule has 0 radical (unpaired) electrons. The predicted octanol–water partition coefficient (Wildman–Crippen LogP) is 7.41. The molecule has 0 saturated heterocycles. The Hall–Kier alpha value is -0.650. The Morgan fingerprint density at radius 3 is 1.74 bits per heavy atom. The monoisotopic (exact) mass is 497 g/mol. The fraction of sp³-hybridized carbons (Fsp3) is 0.967. The summed E-state index contributed by atoms with van der Waals surface area (Å²) in [5.74, 6) is 2.02. The van der Waals surface area contributed by atoms with Crippen LogP contribution in [0.1, 0.15) is 122 Å². The summed E-state index contributed by atoms with van der Waals surface area (Å²) in [5.41, 5.74) is 0. The number of nitrogens with zero attached hydrogens (tertiary/aromatic N) is 1. The van der Waals surface area contributed by atoms with E-state index in [9.17, 15) is 4.79 Å². The third-order valence-electron chi connectivity index (χ3n) is 7.61. The van der Waals surface area contributed by atoms with E-state index in [2.05, 4.69) is 30.7 Å². The van der Waals surface area contributed by atoms with Crippen molar-refractivity contribution in [1.29, 1.82) is 0 Å². The SMILES string of the molecule is CCCCCCCCC1CC1CCCCCCCCOCC(COCCCCC(=O)OC)N(C)C. The summed E-state index contributed by atoms with van der Waals surface area (Å²) in [6.07, 6.45) is 23.4. The zero-order valence-electron chi connectivity index (χ0n) is 23.9. The molecule has 3 unspecified atom stereocenters. The molecule has 208 valence electrons. The minimum absolute atomic E-state index is 0.143. The molecule has 1 aliphatic carbocycles. The lowest BCUT2D eigenvalue weighted by molar-refractivity contribution is -0.140. The third-order valence-corrected chi connectivity index (χ3v) is 7.61. The minimum atomic E-state index is -0.143. The van der Waals surface area contributed by atoms with Crippen molar-refractivity contribution < 1.29 is 19.0 Å². The number of likely N-dealkylation sites (N-methyl/N-ethyl adjacent to an activating group) is 1. The van der Waals surface area contributed by atoms with E-state index in [1.807, 2.05) is 0 Å². The average Bonchev–Trinajstić information content (AvgIpc) is 3.60. The number of esters is 1. The molecule has 0 aromatic carbocycles. The Balaban J connectivity index is 1.84. The second-order valence-corrected chi connectivity index (χ2v) is 11.0. The van der Waals surface area contributed by atoms with Crippen LogP contribution in [0.5, 0.6) is 0 Å². The zero-order chi connectivity index (χ0) is 25.6. The minimum Gasteiger partial charge on any atom is -0.469 e. The Morgan fingerprint density at radius 1 is 0.743 bits per heavy atom. The molecule has 5 heteroatoms. The van der Waals surface area contributed by atoms with Gasteiger partial charge in [0.05, 0.1) is 26.4 Å². The number of hydrogen-bond acceptors (Lipinski definition) is 5. The molecule has 0 spiro atoms. The molecular weight excluding hydrogens is 438 g/mol. The number of carbonyl (C=O) groups excluding carboxylic acids is 1. The van der Waals surface area contributed by atoms with Gasteiger partial charge in [-0.3, -0.25) is 4.79 Å². The van der Waals surface area contributed by atoms with E-state index in [1.54, 1.807) is 0 Å². The zero-order valence-corrected chi connectivity index (χ0v) is 23.9. The van der Waals surface area contributed by atoms with Gasteiger partial charge in [0.2, 0.25) is 0 Å². The molecule has 0 heterocycles. The molecule has 0 amide bonds. The predicted molar refractivity (Wildman–Crippen MR) is 147 cm³/mol. The molecule has 0 bridgehead atoms. The third kappa shape index (κ3) is 19.2. The molecule has 0 N–H and O–H groups in total. The van der Waals surface area contributed by atoms with E-state index in [4.69, 9.17) is 9.47 Å². The maximum Gasteiger partial charge on any atom is 0.305 e. The summed E-state index contributed by atoms with van der Waals surface area (Å²) >= 11 is 0. The maximum atomic E-state index is 11.1. The van der Waals surface area contributed by atoms with E-state index >= 15 is 0 Å². The van der Waals surface area contributed by atoms with E-state index < -0.39 is 0 Å². The highest BCUT2D eigenvalue weighted by molar-refractivity contribution is 5.68. The standard InChI is InChI=1S/C30H59NO4/c1-5-6-7-8-11-14-19-27-24-28(27)20-15-12-9-10-13-17-22-34-25-29(31(2)3)26-35-23-18-16-21-30(32)33-4/h27-29H,5-26H2,1-4H3. The molecule has 35 heavy (non-hydrogen) atoms. The molecule has 0 aliphatic heterocycles. The van der Waals surface area contributed by atoms with E-state index in [0.29, 0.717) is 19.6 Å². The summed E-state index contributed by atoms with van der Waals surface area (Å²) < 4.78 is 16.4. The van der Waals surface area contributed by atoms with Crippen LogP contribution in [0, 0.1) is 11.8 Å². The first-order valence-electron chi connectivity index (χ1n) is 15.0. The number of carbonyl (C=O) groups is 1. The lowest BCUT2D eigenvalue weighted by Gasteiger charge is -2.24. The second-order valence-electron chi connectivity index (χ2n) is 11.0. The molecule has 5 nitrogen and oxygen atoms in total. The van der Waals surface area contributed by atoms with Crippen LogP contribution in [0.4, 0.5) is 0 Å². The van der Waals surface area contributed by atoms with Crippen molar-refractivity contribution in [2.75, 3.05) is 47.6 Å².